The Hall–Kier alpha value is -1.58. The lowest BCUT2D eigenvalue weighted by molar-refractivity contribution is 0.627. The summed E-state index contributed by atoms with van der Waals surface area (Å²) >= 11 is 0. The Balaban J connectivity index is 2.69. The summed E-state index contributed by atoms with van der Waals surface area (Å²) in [4.78, 5) is 4.17. The first kappa shape index (κ1) is 12.5. The van der Waals surface area contributed by atoms with Crippen LogP contribution in [0.25, 0.3) is 0 Å². The zero-order valence-electron chi connectivity index (χ0n) is 9.92. The molecule has 3 N–H and O–H groups in total. The van der Waals surface area contributed by atoms with Gasteiger partial charge in [-0.1, -0.05) is 13.8 Å². The van der Waals surface area contributed by atoms with Gasteiger partial charge in [-0.25, -0.2) is 4.39 Å². The molecule has 4 heteroatoms. The number of rotatable bonds is 3. The van der Waals surface area contributed by atoms with E-state index in [4.69, 9.17) is 5.73 Å². The molecule has 0 amide bonds. The van der Waals surface area contributed by atoms with E-state index in [1.165, 1.54) is 12.1 Å². The van der Waals surface area contributed by atoms with Gasteiger partial charge in [0.1, 0.15) is 5.82 Å². The Morgan fingerprint density at radius 3 is 2.75 bits per heavy atom. The number of halogens is 1. The summed E-state index contributed by atoms with van der Waals surface area (Å²) in [7, 11) is 0. The number of guanidine groups is 1. The minimum atomic E-state index is -0.249. The van der Waals surface area contributed by atoms with E-state index in [9.17, 15) is 4.39 Å². The number of benzene rings is 1. The lowest BCUT2D eigenvalue weighted by Gasteiger charge is -2.09. The van der Waals surface area contributed by atoms with Crippen molar-refractivity contribution < 1.29 is 4.39 Å². The molecule has 0 radical (unpaired) electrons. The van der Waals surface area contributed by atoms with Crippen LogP contribution in [-0.4, -0.2) is 12.5 Å². The Kier molecular flexibility index (Phi) is 4.28. The van der Waals surface area contributed by atoms with E-state index in [1.54, 1.807) is 6.07 Å². The van der Waals surface area contributed by atoms with E-state index in [1.807, 2.05) is 6.92 Å². The van der Waals surface area contributed by atoms with E-state index in [-0.39, 0.29) is 5.82 Å². The van der Waals surface area contributed by atoms with Crippen molar-refractivity contribution in [3.8, 4) is 0 Å². The second-order valence-electron chi connectivity index (χ2n) is 4.20. The molecule has 0 aromatic heterocycles. The molecule has 0 spiro atoms. The minimum Gasteiger partial charge on any atom is -0.370 e. The number of hydrogen-bond acceptors (Lipinski definition) is 1. The molecule has 0 saturated carbocycles. The largest absolute Gasteiger partial charge is 0.370 e. The Morgan fingerprint density at radius 2 is 2.19 bits per heavy atom. The van der Waals surface area contributed by atoms with Crippen molar-refractivity contribution in [2.24, 2.45) is 16.6 Å². The third-order valence-electron chi connectivity index (χ3n) is 2.08. The summed E-state index contributed by atoms with van der Waals surface area (Å²) in [5, 5.41) is 2.95. The zero-order valence-corrected chi connectivity index (χ0v) is 9.92. The SMILES string of the molecule is Cc1cc(F)ccc1NC(N)=NCC(C)C. The first-order valence-corrected chi connectivity index (χ1v) is 5.32. The van der Waals surface area contributed by atoms with Crippen molar-refractivity contribution in [1.29, 1.82) is 0 Å². The summed E-state index contributed by atoms with van der Waals surface area (Å²) < 4.78 is 12.8. The highest BCUT2D eigenvalue weighted by atomic mass is 19.1. The lowest BCUT2D eigenvalue weighted by atomic mass is 10.2. The van der Waals surface area contributed by atoms with Gasteiger partial charge in [0.05, 0.1) is 0 Å². The van der Waals surface area contributed by atoms with Crippen LogP contribution in [0.15, 0.2) is 23.2 Å². The quantitative estimate of drug-likeness (QED) is 0.611. The van der Waals surface area contributed by atoms with Crippen LogP contribution in [0.3, 0.4) is 0 Å². The topological polar surface area (TPSA) is 50.4 Å². The molecule has 0 aliphatic heterocycles. The Bertz CT molecular complexity index is 386. The average Bonchev–Trinajstić information content (AvgIpc) is 2.19. The minimum absolute atomic E-state index is 0.249. The van der Waals surface area contributed by atoms with E-state index in [0.29, 0.717) is 18.4 Å². The van der Waals surface area contributed by atoms with Crippen molar-refractivity contribution in [3.05, 3.63) is 29.6 Å². The third-order valence-corrected chi connectivity index (χ3v) is 2.08. The molecule has 3 nitrogen and oxygen atoms in total. The smallest absolute Gasteiger partial charge is 0.193 e. The molecule has 1 aromatic rings. The molecule has 0 bridgehead atoms. The molecule has 1 aromatic carbocycles. The molecule has 0 heterocycles. The molecule has 0 atom stereocenters. The molecular weight excluding hydrogens is 205 g/mol. The molecule has 0 fully saturated rings. The lowest BCUT2D eigenvalue weighted by Crippen LogP contribution is -2.23. The maximum atomic E-state index is 12.8. The summed E-state index contributed by atoms with van der Waals surface area (Å²) in [5.74, 6) is 0.582. The predicted molar refractivity (Wildman–Crippen MR) is 66.1 cm³/mol. The van der Waals surface area contributed by atoms with Crippen LogP contribution in [0.2, 0.25) is 0 Å². The predicted octanol–water partition coefficient (Wildman–Crippen LogP) is 2.52. The van der Waals surface area contributed by atoms with Gasteiger partial charge in [0, 0.05) is 12.2 Å². The summed E-state index contributed by atoms with van der Waals surface area (Å²) in [5.41, 5.74) is 7.30. The van der Waals surface area contributed by atoms with Gasteiger partial charge in [-0.15, -0.1) is 0 Å². The molecule has 0 unspecified atom stereocenters. The molecule has 0 saturated heterocycles. The van der Waals surface area contributed by atoms with Crippen LogP contribution in [0, 0.1) is 18.7 Å². The van der Waals surface area contributed by atoms with Crippen molar-refractivity contribution in [3.63, 3.8) is 0 Å². The molecular formula is C12H18FN3. The number of nitrogens with two attached hydrogens (primary N) is 1. The van der Waals surface area contributed by atoms with Gasteiger partial charge in [0.15, 0.2) is 5.96 Å². The normalized spacial score (nSPS) is 11.9. The van der Waals surface area contributed by atoms with Gasteiger partial charge in [0.25, 0.3) is 0 Å². The third kappa shape index (κ3) is 3.88. The van der Waals surface area contributed by atoms with Gasteiger partial charge in [-0.3, -0.25) is 4.99 Å². The van der Waals surface area contributed by atoms with Crippen LogP contribution in [0.4, 0.5) is 10.1 Å². The Morgan fingerprint density at radius 1 is 1.50 bits per heavy atom. The number of hydrogen-bond donors (Lipinski definition) is 2. The molecule has 88 valence electrons. The first-order valence-electron chi connectivity index (χ1n) is 5.32. The van der Waals surface area contributed by atoms with Crippen LogP contribution < -0.4 is 11.1 Å². The Labute approximate surface area is 95.6 Å². The highest BCUT2D eigenvalue weighted by molar-refractivity contribution is 5.92. The standard InChI is InChI=1S/C12H18FN3/c1-8(2)7-15-12(14)16-11-5-4-10(13)6-9(11)3/h4-6,8H,7H2,1-3H3,(H3,14,15,16). The van der Waals surface area contributed by atoms with Gasteiger partial charge in [0.2, 0.25) is 0 Å². The molecule has 16 heavy (non-hydrogen) atoms. The molecule has 1 rings (SSSR count). The first-order chi connectivity index (χ1) is 7.49. The molecule has 0 aliphatic rings. The van der Waals surface area contributed by atoms with Gasteiger partial charge in [-0.2, -0.15) is 0 Å². The summed E-state index contributed by atoms with van der Waals surface area (Å²) in [6.07, 6.45) is 0. The fourth-order valence-electron chi connectivity index (χ4n) is 1.23. The average molecular weight is 223 g/mol. The fraction of sp³-hybridized carbons (Fsp3) is 0.417. The zero-order chi connectivity index (χ0) is 12.1. The van der Waals surface area contributed by atoms with E-state index in [0.717, 1.165) is 11.3 Å². The highest BCUT2D eigenvalue weighted by Crippen LogP contribution is 2.15. The van der Waals surface area contributed by atoms with E-state index in [2.05, 4.69) is 24.2 Å². The monoisotopic (exact) mass is 223 g/mol. The summed E-state index contributed by atoms with van der Waals surface area (Å²) in [6, 6.07) is 4.51. The van der Waals surface area contributed by atoms with Gasteiger partial charge in [-0.05, 0) is 36.6 Å². The van der Waals surface area contributed by atoms with Crippen molar-refractivity contribution >= 4 is 11.6 Å². The van der Waals surface area contributed by atoms with Crippen LogP contribution in [0.5, 0.6) is 0 Å². The fourth-order valence-corrected chi connectivity index (χ4v) is 1.23. The second-order valence-corrected chi connectivity index (χ2v) is 4.20. The number of anilines is 1. The number of aryl methyl sites for hydroxylation is 1. The molecule has 0 aliphatic carbocycles. The second kappa shape index (κ2) is 5.49. The number of nitrogens with one attached hydrogen (secondary N) is 1. The van der Waals surface area contributed by atoms with Gasteiger partial charge < -0.3 is 11.1 Å². The number of nitrogens with zero attached hydrogens (tertiary/aromatic N) is 1. The summed E-state index contributed by atoms with van der Waals surface area (Å²) in [6.45, 7) is 6.64. The highest BCUT2D eigenvalue weighted by Gasteiger charge is 2.01. The van der Waals surface area contributed by atoms with Crippen LogP contribution in [-0.2, 0) is 0 Å². The van der Waals surface area contributed by atoms with Crippen molar-refractivity contribution in [2.75, 3.05) is 11.9 Å². The number of aliphatic imine (C=N–C) groups is 1. The van der Waals surface area contributed by atoms with Crippen molar-refractivity contribution in [1.82, 2.24) is 0 Å². The maximum absolute atomic E-state index is 12.8. The van der Waals surface area contributed by atoms with Crippen LogP contribution in [0.1, 0.15) is 19.4 Å². The van der Waals surface area contributed by atoms with E-state index >= 15 is 0 Å². The van der Waals surface area contributed by atoms with E-state index < -0.39 is 0 Å². The maximum Gasteiger partial charge on any atom is 0.193 e. The van der Waals surface area contributed by atoms with Crippen LogP contribution >= 0.6 is 0 Å². The van der Waals surface area contributed by atoms with Crippen molar-refractivity contribution in [2.45, 2.75) is 20.8 Å². The van der Waals surface area contributed by atoms with Gasteiger partial charge >= 0.3 is 0 Å².